The monoisotopic (exact) mass is 542 g/mol. The van der Waals surface area contributed by atoms with Crippen molar-refractivity contribution in [3.05, 3.63) is 11.1 Å². The van der Waals surface area contributed by atoms with Gasteiger partial charge in [0.25, 0.3) is 0 Å². The molecular formula is C26H38O10S. The van der Waals surface area contributed by atoms with Crippen molar-refractivity contribution in [2.24, 2.45) is 22.7 Å². The highest BCUT2D eigenvalue weighted by Crippen LogP contribution is 2.63. The molecule has 208 valence electrons. The summed E-state index contributed by atoms with van der Waals surface area (Å²) in [4.78, 5) is 37.2. The van der Waals surface area contributed by atoms with Gasteiger partial charge < -0.3 is 19.3 Å². The van der Waals surface area contributed by atoms with E-state index in [2.05, 4.69) is 0 Å². The molecule has 0 aromatic rings. The van der Waals surface area contributed by atoms with E-state index >= 15 is 0 Å². The van der Waals surface area contributed by atoms with Gasteiger partial charge in [-0.25, -0.2) is 0 Å². The molecule has 1 aliphatic heterocycles. The Kier molecular flexibility index (Phi) is 7.42. The SMILES string of the molecule is CC(=O)O[C@@H]1[C@@H]2[C@@H](OC(C)=O)CC(C)=C([C@@H](OC(C)=O)C[C@]3(C)CC[C@H](O)[C@@]4(CO[S@](=O)O4)[C@@H]13)C2(C)C. The number of esters is 3. The van der Waals surface area contributed by atoms with Gasteiger partial charge in [-0.15, -0.1) is 0 Å². The normalized spacial score (nSPS) is 42.9. The number of carbonyl (C=O) groups is 3. The van der Waals surface area contributed by atoms with E-state index in [0.29, 0.717) is 25.7 Å². The first-order chi connectivity index (χ1) is 17.1. The summed E-state index contributed by atoms with van der Waals surface area (Å²) in [5.74, 6) is -2.73. The summed E-state index contributed by atoms with van der Waals surface area (Å²) < 4.78 is 41.6. The highest BCUT2D eigenvalue weighted by Gasteiger charge is 2.69. The van der Waals surface area contributed by atoms with E-state index in [1.165, 1.54) is 20.8 Å². The number of fused-ring (bicyclic) bond motifs is 4. The number of ether oxygens (including phenoxy) is 3. The van der Waals surface area contributed by atoms with Gasteiger partial charge in [-0.2, -0.15) is 4.21 Å². The summed E-state index contributed by atoms with van der Waals surface area (Å²) in [6, 6.07) is 0. The Morgan fingerprint density at radius 1 is 1.03 bits per heavy atom. The van der Waals surface area contributed by atoms with Crippen LogP contribution in [0.5, 0.6) is 0 Å². The summed E-state index contributed by atoms with van der Waals surface area (Å²) in [7, 11) is 0. The van der Waals surface area contributed by atoms with E-state index in [9.17, 15) is 23.7 Å². The predicted molar refractivity (Wildman–Crippen MR) is 131 cm³/mol. The lowest BCUT2D eigenvalue weighted by molar-refractivity contribution is -0.232. The lowest BCUT2D eigenvalue weighted by Crippen LogP contribution is -2.69. The molecule has 9 atom stereocenters. The molecule has 1 saturated heterocycles. The predicted octanol–water partition coefficient (Wildman–Crippen LogP) is 2.69. The molecule has 0 amide bonds. The maximum Gasteiger partial charge on any atom is 0.305 e. The van der Waals surface area contributed by atoms with Crippen LogP contribution in [-0.2, 0) is 48.3 Å². The van der Waals surface area contributed by atoms with Gasteiger partial charge in [0, 0.05) is 39.0 Å². The minimum absolute atomic E-state index is 0.163. The Balaban J connectivity index is 2.02. The molecule has 4 aliphatic rings. The fourth-order valence-electron chi connectivity index (χ4n) is 7.92. The van der Waals surface area contributed by atoms with Crippen molar-refractivity contribution in [2.75, 3.05) is 6.61 Å². The zero-order valence-electron chi connectivity index (χ0n) is 22.5. The zero-order chi connectivity index (χ0) is 27.5. The molecule has 0 aromatic carbocycles. The Hall–Kier alpha value is -1.82. The van der Waals surface area contributed by atoms with Crippen LogP contribution in [0.25, 0.3) is 0 Å². The third-order valence-electron chi connectivity index (χ3n) is 8.91. The fourth-order valence-corrected chi connectivity index (χ4v) is 8.76. The van der Waals surface area contributed by atoms with Gasteiger partial charge in [-0.1, -0.05) is 26.3 Å². The van der Waals surface area contributed by atoms with Crippen LogP contribution in [0.3, 0.4) is 0 Å². The van der Waals surface area contributed by atoms with Crippen LogP contribution in [0, 0.1) is 22.7 Å². The maximum atomic E-state index is 12.6. The van der Waals surface area contributed by atoms with Gasteiger partial charge in [0.2, 0.25) is 0 Å². The van der Waals surface area contributed by atoms with Gasteiger partial charge in [-0.3, -0.25) is 22.7 Å². The number of aliphatic hydroxyl groups excluding tert-OH is 1. The van der Waals surface area contributed by atoms with Crippen LogP contribution in [0.4, 0.5) is 0 Å². The van der Waals surface area contributed by atoms with Gasteiger partial charge >= 0.3 is 29.3 Å². The Bertz CT molecular complexity index is 1040. The molecule has 3 fully saturated rings. The highest BCUT2D eigenvalue weighted by atomic mass is 32.2. The number of aliphatic hydroxyl groups is 1. The molecular weight excluding hydrogens is 504 g/mol. The van der Waals surface area contributed by atoms with Gasteiger partial charge in [0.05, 0.1) is 12.7 Å². The second kappa shape index (κ2) is 9.73. The van der Waals surface area contributed by atoms with E-state index in [4.69, 9.17) is 22.6 Å². The molecule has 3 aliphatic carbocycles. The van der Waals surface area contributed by atoms with Crippen molar-refractivity contribution < 1.29 is 46.3 Å². The molecule has 0 radical (unpaired) electrons. The van der Waals surface area contributed by atoms with Crippen LogP contribution < -0.4 is 0 Å². The molecule has 0 aromatic heterocycles. The number of hydrogen-bond acceptors (Lipinski definition) is 10. The Morgan fingerprint density at radius 3 is 2.19 bits per heavy atom. The van der Waals surface area contributed by atoms with E-state index in [-0.39, 0.29) is 6.61 Å². The molecule has 0 unspecified atom stereocenters. The summed E-state index contributed by atoms with van der Waals surface area (Å²) in [5, 5.41) is 11.3. The molecule has 1 heterocycles. The molecule has 2 bridgehead atoms. The fraction of sp³-hybridized carbons (Fsp3) is 0.808. The molecule has 2 saturated carbocycles. The van der Waals surface area contributed by atoms with E-state index < -0.39 is 82.0 Å². The lowest BCUT2D eigenvalue weighted by atomic mass is 9.47. The van der Waals surface area contributed by atoms with Gasteiger partial charge in [-0.05, 0) is 42.6 Å². The summed E-state index contributed by atoms with van der Waals surface area (Å²) in [6.45, 7) is 11.7. The van der Waals surface area contributed by atoms with Crippen LogP contribution in [0.1, 0.15) is 74.1 Å². The largest absolute Gasteiger partial charge is 0.462 e. The number of hydrogen-bond donors (Lipinski definition) is 1. The van der Waals surface area contributed by atoms with Crippen molar-refractivity contribution >= 4 is 29.3 Å². The quantitative estimate of drug-likeness (QED) is 0.322. The smallest absolute Gasteiger partial charge is 0.305 e. The van der Waals surface area contributed by atoms with Crippen molar-refractivity contribution in [1.82, 2.24) is 0 Å². The van der Waals surface area contributed by atoms with Crippen LogP contribution >= 0.6 is 0 Å². The van der Waals surface area contributed by atoms with Crippen molar-refractivity contribution in [1.29, 1.82) is 0 Å². The first-order valence-electron chi connectivity index (χ1n) is 12.8. The Labute approximate surface area is 220 Å². The third kappa shape index (κ3) is 4.77. The first kappa shape index (κ1) is 28.2. The van der Waals surface area contributed by atoms with Crippen LogP contribution in [0.15, 0.2) is 11.1 Å². The second-order valence-corrected chi connectivity index (χ2v) is 12.7. The van der Waals surface area contributed by atoms with Gasteiger partial charge in [0.1, 0.15) is 23.9 Å². The van der Waals surface area contributed by atoms with Crippen molar-refractivity contribution in [3.8, 4) is 0 Å². The van der Waals surface area contributed by atoms with E-state index in [1.54, 1.807) is 0 Å². The first-order valence-corrected chi connectivity index (χ1v) is 13.8. The lowest BCUT2D eigenvalue weighted by Gasteiger charge is -2.61. The second-order valence-electron chi connectivity index (χ2n) is 11.9. The molecule has 10 nitrogen and oxygen atoms in total. The summed E-state index contributed by atoms with van der Waals surface area (Å²) in [5.41, 5.74) is -1.03. The third-order valence-corrected chi connectivity index (χ3v) is 9.67. The minimum Gasteiger partial charge on any atom is -0.462 e. The van der Waals surface area contributed by atoms with Gasteiger partial charge in [0.15, 0.2) is 0 Å². The minimum atomic E-state index is -2.10. The van der Waals surface area contributed by atoms with Crippen molar-refractivity contribution in [3.63, 3.8) is 0 Å². The molecule has 11 heteroatoms. The molecule has 37 heavy (non-hydrogen) atoms. The molecule has 1 spiro atoms. The molecule has 1 N–H and O–H groups in total. The average molecular weight is 543 g/mol. The Morgan fingerprint density at radius 2 is 1.65 bits per heavy atom. The summed E-state index contributed by atoms with van der Waals surface area (Å²) in [6.07, 6.45) is -1.63. The number of rotatable bonds is 3. The topological polar surface area (TPSA) is 135 Å². The number of carbonyl (C=O) groups excluding carboxylic acids is 3. The van der Waals surface area contributed by atoms with E-state index in [1.807, 2.05) is 27.7 Å². The molecule has 4 rings (SSSR count). The van der Waals surface area contributed by atoms with Crippen LogP contribution in [0.2, 0.25) is 0 Å². The zero-order valence-corrected chi connectivity index (χ0v) is 23.3. The van der Waals surface area contributed by atoms with Crippen LogP contribution in [-0.4, -0.2) is 63.8 Å². The standard InChI is InChI=1S/C26H38O10S/c1-13-10-17(33-14(2)27)21-22(35-16(4)29)23-25(7,9-8-19(30)26(23)12-32-37(31)36-26)11-18(34-15(3)28)20(13)24(21,5)6/h17-19,21-23,30H,8-12H2,1-7H3/t17-,18-,19-,21-,22+,23-,25-,26-,37-/m0/s1. The highest BCUT2D eigenvalue weighted by molar-refractivity contribution is 7.75. The summed E-state index contributed by atoms with van der Waals surface area (Å²) >= 11 is -2.10. The maximum absolute atomic E-state index is 12.6. The van der Waals surface area contributed by atoms with E-state index in [0.717, 1.165) is 11.1 Å². The van der Waals surface area contributed by atoms with Crippen molar-refractivity contribution in [2.45, 2.75) is 104 Å². The average Bonchev–Trinajstić information content (AvgIpc) is 3.10.